The normalized spacial score (nSPS) is 14.9. The Morgan fingerprint density at radius 2 is 1.75 bits per heavy atom. The number of piperidine rings is 1. The Balaban J connectivity index is 1.72. The van der Waals surface area contributed by atoms with Gasteiger partial charge in [0.2, 0.25) is 0 Å². The summed E-state index contributed by atoms with van der Waals surface area (Å²) in [6.45, 7) is 1.51. The molecular weight excluding hydrogens is 302 g/mol. The van der Waals surface area contributed by atoms with Crippen molar-refractivity contribution in [2.45, 2.75) is 19.3 Å². The van der Waals surface area contributed by atoms with Crippen molar-refractivity contribution in [2.75, 3.05) is 13.1 Å². The van der Waals surface area contributed by atoms with Crippen LogP contribution in [-0.4, -0.2) is 29.0 Å². The van der Waals surface area contributed by atoms with Crippen molar-refractivity contribution in [3.05, 3.63) is 54.1 Å². The van der Waals surface area contributed by atoms with Crippen LogP contribution >= 0.6 is 0 Å². The number of amides is 1. The maximum absolute atomic E-state index is 12.7. The lowest BCUT2D eigenvalue weighted by atomic mass is 10.1. The van der Waals surface area contributed by atoms with Crippen LogP contribution in [0.1, 0.15) is 29.6 Å². The minimum Gasteiger partial charge on any atom is -0.507 e. The highest BCUT2D eigenvalue weighted by atomic mass is 16.3. The number of carbonyl (C=O) groups is 1. The summed E-state index contributed by atoms with van der Waals surface area (Å²) >= 11 is 0. The minimum atomic E-state index is -0.119. The first-order chi connectivity index (χ1) is 11.7. The number of phenols is 1. The number of rotatable bonds is 2. The van der Waals surface area contributed by atoms with Crippen molar-refractivity contribution < 1.29 is 14.3 Å². The number of nitrogens with zero attached hydrogens (tertiary/aromatic N) is 1. The molecule has 1 saturated heterocycles. The average Bonchev–Trinajstić information content (AvgIpc) is 3.05. The van der Waals surface area contributed by atoms with E-state index in [0.717, 1.165) is 49.1 Å². The first-order valence-corrected chi connectivity index (χ1v) is 8.33. The zero-order valence-electron chi connectivity index (χ0n) is 13.4. The molecule has 0 bridgehead atoms. The lowest BCUT2D eigenvalue weighted by molar-refractivity contribution is 0.0721. The monoisotopic (exact) mass is 321 g/mol. The van der Waals surface area contributed by atoms with Crippen molar-refractivity contribution in [1.82, 2.24) is 4.90 Å². The fourth-order valence-electron chi connectivity index (χ4n) is 3.26. The number of hydrogen-bond acceptors (Lipinski definition) is 3. The van der Waals surface area contributed by atoms with Crippen molar-refractivity contribution in [1.29, 1.82) is 0 Å². The number of furan rings is 1. The summed E-state index contributed by atoms with van der Waals surface area (Å²) in [7, 11) is 0. The van der Waals surface area contributed by atoms with E-state index in [-0.39, 0.29) is 11.7 Å². The van der Waals surface area contributed by atoms with Crippen LogP contribution in [0.15, 0.2) is 52.9 Å². The Morgan fingerprint density at radius 1 is 1.00 bits per heavy atom. The molecule has 1 aliphatic heterocycles. The topological polar surface area (TPSA) is 53.7 Å². The summed E-state index contributed by atoms with van der Waals surface area (Å²) in [5.41, 5.74) is 1.91. The van der Waals surface area contributed by atoms with Gasteiger partial charge in [-0.05, 0) is 37.5 Å². The molecule has 122 valence electrons. The van der Waals surface area contributed by atoms with Crippen molar-refractivity contribution in [3.8, 4) is 17.1 Å². The number of likely N-dealkylation sites (tertiary alicyclic amines) is 1. The number of benzene rings is 2. The predicted molar refractivity (Wildman–Crippen MR) is 93.1 cm³/mol. The molecule has 0 aliphatic carbocycles. The van der Waals surface area contributed by atoms with E-state index in [0.29, 0.717) is 11.1 Å². The molecule has 1 aliphatic rings. The van der Waals surface area contributed by atoms with E-state index in [1.807, 2.05) is 41.3 Å². The van der Waals surface area contributed by atoms with E-state index in [1.54, 1.807) is 12.1 Å². The Kier molecular flexibility index (Phi) is 3.73. The van der Waals surface area contributed by atoms with Crippen LogP contribution in [0.5, 0.6) is 5.75 Å². The van der Waals surface area contributed by atoms with Crippen LogP contribution in [0, 0.1) is 0 Å². The standard InChI is InChI=1S/C20H19NO3/c22-17-11-15-12-18(14-7-3-1-4-8-14)24-19(15)13-16(17)20(23)21-9-5-2-6-10-21/h1,3-4,7-8,11-13,22H,2,5-6,9-10H2. The fourth-order valence-corrected chi connectivity index (χ4v) is 3.26. The molecule has 1 amide bonds. The third-order valence-electron chi connectivity index (χ3n) is 4.57. The number of fused-ring (bicyclic) bond motifs is 1. The SMILES string of the molecule is O=C(c1cc2oc(-c3ccccc3)cc2cc1O)N1CCCCC1. The van der Waals surface area contributed by atoms with Crippen LogP contribution in [0.3, 0.4) is 0 Å². The summed E-state index contributed by atoms with van der Waals surface area (Å²) in [6, 6.07) is 15.0. The first kappa shape index (κ1) is 14.8. The van der Waals surface area contributed by atoms with Gasteiger partial charge in [-0.2, -0.15) is 0 Å². The number of aromatic hydroxyl groups is 1. The largest absolute Gasteiger partial charge is 0.507 e. The van der Waals surface area contributed by atoms with Gasteiger partial charge in [0.15, 0.2) is 0 Å². The highest BCUT2D eigenvalue weighted by Crippen LogP contribution is 2.32. The van der Waals surface area contributed by atoms with E-state index in [2.05, 4.69) is 0 Å². The lowest BCUT2D eigenvalue weighted by Crippen LogP contribution is -2.35. The number of phenolic OH excluding ortho intramolecular Hbond substituents is 1. The van der Waals surface area contributed by atoms with Gasteiger partial charge in [-0.3, -0.25) is 4.79 Å². The Labute approximate surface area is 140 Å². The highest BCUT2D eigenvalue weighted by Gasteiger charge is 2.22. The molecular formula is C20H19NO3. The molecule has 2 aromatic carbocycles. The van der Waals surface area contributed by atoms with E-state index in [1.165, 1.54) is 0 Å². The molecule has 24 heavy (non-hydrogen) atoms. The average molecular weight is 321 g/mol. The zero-order chi connectivity index (χ0) is 16.5. The second-order valence-corrected chi connectivity index (χ2v) is 6.24. The Hall–Kier alpha value is -2.75. The number of carbonyl (C=O) groups excluding carboxylic acids is 1. The molecule has 0 atom stereocenters. The summed E-state index contributed by atoms with van der Waals surface area (Å²) in [4.78, 5) is 14.5. The predicted octanol–water partition coefficient (Wildman–Crippen LogP) is 4.43. The van der Waals surface area contributed by atoms with Crippen molar-refractivity contribution in [2.24, 2.45) is 0 Å². The van der Waals surface area contributed by atoms with E-state index < -0.39 is 0 Å². The summed E-state index contributed by atoms with van der Waals surface area (Å²) < 4.78 is 5.91. The third kappa shape index (κ3) is 2.64. The number of hydrogen-bond donors (Lipinski definition) is 1. The molecule has 1 aromatic heterocycles. The van der Waals surface area contributed by atoms with Gasteiger partial charge < -0.3 is 14.4 Å². The summed E-state index contributed by atoms with van der Waals surface area (Å²) in [5.74, 6) is 0.623. The van der Waals surface area contributed by atoms with Gasteiger partial charge in [-0.25, -0.2) is 0 Å². The molecule has 4 nitrogen and oxygen atoms in total. The second kappa shape index (κ2) is 6.04. The van der Waals surface area contributed by atoms with Crippen molar-refractivity contribution >= 4 is 16.9 Å². The molecule has 0 unspecified atom stereocenters. The molecule has 0 radical (unpaired) electrons. The Bertz CT molecular complexity index is 877. The van der Waals surface area contributed by atoms with Crippen molar-refractivity contribution in [3.63, 3.8) is 0 Å². The van der Waals surface area contributed by atoms with E-state index in [4.69, 9.17) is 4.42 Å². The first-order valence-electron chi connectivity index (χ1n) is 8.33. The van der Waals surface area contributed by atoms with Crippen LogP contribution in [0.2, 0.25) is 0 Å². The van der Waals surface area contributed by atoms with Gasteiger partial charge in [-0.1, -0.05) is 30.3 Å². The van der Waals surface area contributed by atoms with Gasteiger partial charge >= 0.3 is 0 Å². The quantitative estimate of drug-likeness (QED) is 0.759. The van der Waals surface area contributed by atoms with E-state index >= 15 is 0 Å². The third-order valence-corrected chi connectivity index (χ3v) is 4.57. The molecule has 1 fully saturated rings. The molecule has 4 rings (SSSR count). The van der Waals surface area contributed by atoms with Gasteiger partial charge in [0.25, 0.3) is 5.91 Å². The van der Waals surface area contributed by atoms with Crippen LogP contribution < -0.4 is 0 Å². The smallest absolute Gasteiger partial charge is 0.257 e. The zero-order valence-corrected chi connectivity index (χ0v) is 13.4. The molecule has 3 aromatic rings. The van der Waals surface area contributed by atoms with Gasteiger partial charge in [0.05, 0.1) is 5.56 Å². The molecule has 2 heterocycles. The summed E-state index contributed by atoms with van der Waals surface area (Å²) in [6.07, 6.45) is 3.20. The highest BCUT2D eigenvalue weighted by molar-refractivity contribution is 6.01. The van der Waals surface area contributed by atoms with Gasteiger partial charge in [0.1, 0.15) is 17.1 Å². The van der Waals surface area contributed by atoms with Crippen LogP contribution in [0.4, 0.5) is 0 Å². The van der Waals surface area contributed by atoms with Gasteiger partial charge in [0, 0.05) is 24.0 Å². The maximum atomic E-state index is 12.7. The molecule has 0 spiro atoms. The maximum Gasteiger partial charge on any atom is 0.257 e. The van der Waals surface area contributed by atoms with Crippen LogP contribution in [-0.2, 0) is 0 Å². The fraction of sp³-hybridized carbons (Fsp3) is 0.250. The summed E-state index contributed by atoms with van der Waals surface area (Å²) in [5, 5.41) is 11.1. The lowest BCUT2D eigenvalue weighted by Gasteiger charge is -2.26. The Morgan fingerprint density at radius 3 is 2.50 bits per heavy atom. The van der Waals surface area contributed by atoms with Crippen LogP contribution in [0.25, 0.3) is 22.3 Å². The van der Waals surface area contributed by atoms with Gasteiger partial charge in [-0.15, -0.1) is 0 Å². The second-order valence-electron chi connectivity index (χ2n) is 6.24. The minimum absolute atomic E-state index is 0.0125. The molecule has 1 N–H and O–H groups in total. The molecule has 4 heteroatoms. The molecule has 0 saturated carbocycles. The van der Waals surface area contributed by atoms with E-state index in [9.17, 15) is 9.90 Å².